The fourth-order valence-corrected chi connectivity index (χ4v) is 4.99. The first-order chi connectivity index (χ1) is 20.9. The van der Waals surface area contributed by atoms with Gasteiger partial charge in [-0.3, -0.25) is 9.69 Å². The van der Waals surface area contributed by atoms with Gasteiger partial charge in [0.2, 0.25) is 0 Å². The van der Waals surface area contributed by atoms with Gasteiger partial charge in [-0.05, 0) is 72.0 Å². The minimum atomic E-state index is -4.52. The van der Waals surface area contributed by atoms with Crippen molar-refractivity contribution in [3.8, 4) is 0 Å². The molecule has 0 aromatic heterocycles. The van der Waals surface area contributed by atoms with Crippen molar-refractivity contribution in [1.29, 1.82) is 0 Å². The summed E-state index contributed by atoms with van der Waals surface area (Å²) >= 11 is 0. The molecule has 38 heavy (non-hydrogen) atoms. The summed E-state index contributed by atoms with van der Waals surface area (Å²) in [4.78, 5) is 18.5. The first-order valence-corrected chi connectivity index (χ1v) is 12.7. The Morgan fingerprint density at radius 3 is 2.58 bits per heavy atom. The number of esters is 1. The lowest BCUT2D eigenvalue weighted by Crippen LogP contribution is -2.50. The van der Waals surface area contributed by atoms with Crippen molar-refractivity contribution in [3.05, 3.63) is 69.8 Å². The van der Waals surface area contributed by atoms with Gasteiger partial charge >= 0.3 is 12.1 Å². The van der Waals surface area contributed by atoms with E-state index in [9.17, 15) is 18.0 Å². The highest BCUT2D eigenvalue weighted by molar-refractivity contribution is 5.98. The second-order valence-electron chi connectivity index (χ2n) is 9.83. The summed E-state index contributed by atoms with van der Waals surface area (Å²) in [6, 6.07) is 8.08. The number of benzene rings is 2. The van der Waals surface area contributed by atoms with E-state index >= 15 is 0 Å². The van der Waals surface area contributed by atoms with Crippen LogP contribution in [-0.4, -0.2) is 36.8 Å². The summed E-state index contributed by atoms with van der Waals surface area (Å²) in [5, 5.41) is 3.99. The number of hydrogen-bond acceptors (Lipinski definition) is 5. The second-order valence-corrected chi connectivity index (χ2v) is 9.83. The van der Waals surface area contributed by atoms with Gasteiger partial charge in [-0.2, -0.15) is 13.2 Å². The largest absolute Gasteiger partial charge is 0.469 e. The molecule has 0 atom stereocenters. The number of rotatable bonds is 9. The fourth-order valence-electron chi connectivity index (χ4n) is 4.99. The van der Waals surface area contributed by atoms with E-state index < -0.39 is 48.9 Å². The zero-order valence-electron chi connectivity index (χ0n) is 28.5. The molecular weight excluding hydrogens is 493 g/mol. The van der Waals surface area contributed by atoms with E-state index in [1.54, 1.807) is 6.07 Å². The molecule has 1 heterocycles. The van der Waals surface area contributed by atoms with Crippen LogP contribution in [0.15, 0.2) is 41.6 Å². The summed E-state index contributed by atoms with van der Waals surface area (Å²) in [6.07, 6.45) is -3.23. The normalized spacial score (nSPS) is 21.6. The molecule has 5 nitrogen and oxygen atoms in total. The quantitative estimate of drug-likeness (QED) is 0.199. The Morgan fingerprint density at radius 1 is 1.13 bits per heavy atom. The van der Waals surface area contributed by atoms with Crippen LogP contribution in [0.1, 0.15) is 94.8 Å². The van der Waals surface area contributed by atoms with Gasteiger partial charge in [0.05, 0.1) is 24.3 Å². The van der Waals surface area contributed by atoms with Crippen LogP contribution in [-0.2, 0) is 40.0 Å². The van der Waals surface area contributed by atoms with Gasteiger partial charge in [0.25, 0.3) is 0 Å². The molecule has 1 saturated heterocycles. The summed E-state index contributed by atoms with van der Waals surface area (Å²) in [5.74, 6) is -1.20. The smallest absolute Gasteiger partial charge is 0.416 e. The highest BCUT2D eigenvalue weighted by atomic mass is 19.4. The van der Waals surface area contributed by atoms with Gasteiger partial charge in [-0.1, -0.05) is 55.5 Å². The van der Waals surface area contributed by atoms with Crippen molar-refractivity contribution in [2.24, 2.45) is 11.1 Å². The molecular formula is C30H37F3N2O3. The Bertz CT molecular complexity index is 1420. The number of halogens is 3. The number of methoxy groups -OCH3 is 1. The maximum Gasteiger partial charge on any atom is 0.416 e. The van der Waals surface area contributed by atoms with Crippen LogP contribution in [0.25, 0.3) is 0 Å². The van der Waals surface area contributed by atoms with Crippen molar-refractivity contribution in [2.45, 2.75) is 77.5 Å². The third-order valence-electron chi connectivity index (χ3n) is 7.17. The van der Waals surface area contributed by atoms with E-state index in [1.807, 2.05) is 0 Å². The van der Waals surface area contributed by atoms with Crippen molar-refractivity contribution in [3.63, 3.8) is 0 Å². The molecule has 4 rings (SSSR count). The molecule has 2 aromatic rings. The Hall–Kier alpha value is -2.87. The van der Waals surface area contributed by atoms with Crippen LogP contribution in [0.2, 0.25) is 0 Å². The molecule has 206 valence electrons. The molecule has 0 spiro atoms. The van der Waals surface area contributed by atoms with E-state index in [-0.39, 0.29) is 48.0 Å². The van der Waals surface area contributed by atoms with Crippen LogP contribution in [0.3, 0.4) is 0 Å². The third-order valence-corrected chi connectivity index (χ3v) is 7.17. The molecule has 2 aromatic carbocycles. The number of ether oxygens (including phenoxy) is 1. The van der Waals surface area contributed by atoms with Crippen LogP contribution < -0.4 is 0 Å². The van der Waals surface area contributed by atoms with Gasteiger partial charge in [0.1, 0.15) is 6.61 Å². The summed E-state index contributed by atoms with van der Waals surface area (Å²) in [6.45, 7) is -4.24. The van der Waals surface area contributed by atoms with Gasteiger partial charge < -0.3 is 9.57 Å². The Labute approximate surface area is 232 Å². The molecule has 1 saturated carbocycles. The van der Waals surface area contributed by atoms with Crippen LogP contribution in [0.4, 0.5) is 13.2 Å². The standard InChI is InChI=1S/C30H37F3N2O3/c1-4-22-15-24(11-12-25(22)16-35-17-26(18-35)29(36)37-3)20(2)34-38-19-21-10-13-27(23-8-6-5-7-9-23)28(14-21)30(31,32)33/h10-15,23,26H,4-9,16-19H2,1-3H3/b34-20+/i1D3,4D2,16D2. The van der Waals surface area contributed by atoms with Crippen molar-refractivity contribution >= 4 is 11.7 Å². The monoisotopic (exact) mass is 537 g/mol. The topological polar surface area (TPSA) is 51.1 Å². The lowest BCUT2D eigenvalue weighted by molar-refractivity contribution is -0.151. The Balaban J connectivity index is 1.58. The van der Waals surface area contributed by atoms with Gasteiger partial charge in [-0.25, -0.2) is 0 Å². The average Bonchev–Trinajstić information content (AvgIpc) is 2.95. The zero-order valence-corrected chi connectivity index (χ0v) is 21.5. The Morgan fingerprint density at radius 2 is 1.89 bits per heavy atom. The first kappa shape index (κ1) is 20.1. The maximum absolute atomic E-state index is 13.9. The molecule has 0 N–H and O–H groups in total. The lowest BCUT2D eigenvalue weighted by atomic mass is 9.81. The Kier molecular flexibility index (Phi) is 6.52. The number of likely N-dealkylation sites (tertiary alicyclic amines) is 1. The molecule has 0 unspecified atom stereocenters. The van der Waals surface area contributed by atoms with Gasteiger partial charge in [0, 0.05) is 29.2 Å². The number of hydrogen-bond donors (Lipinski definition) is 0. The summed E-state index contributed by atoms with van der Waals surface area (Å²) < 4.78 is 104. The SMILES string of the molecule is [2H]C([2H])(c1ccc(/C(C)=N/OCc2ccc(C3CCCCC3)c(C(F)(F)F)c2)cc1C([2H])([2H])C([2H])([2H])[2H])N1CC(C(=O)OC)C1. The van der Waals surface area contributed by atoms with Crippen LogP contribution in [0, 0.1) is 5.92 Å². The van der Waals surface area contributed by atoms with Crippen molar-refractivity contribution < 1.29 is 37.1 Å². The highest BCUT2D eigenvalue weighted by Crippen LogP contribution is 2.41. The van der Waals surface area contributed by atoms with Crippen LogP contribution in [0.5, 0.6) is 0 Å². The number of aryl methyl sites for hydroxylation is 1. The fraction of sp³-hybridized carbons (Fsp3) is 0.533. The van der Waals surface area contributed by atoms with Crippen LogP contribution >= 0.6 is 0 Å². The number of nitrogens with zero attached hydrogens (tertiary/aromatic N) is 2. The van der Waals surface area contributed by atoms with Gasteiger partial charge in [-0.15, -0.1) is 0 Å². The highest BCUT2D eigenvalue weighted by Gasteiger charge is 2.36. The number of carbonyl (C=O) groups excluding carboxylic acids is 1. The molecule has 2 fully saturated rings. The first-order valence-electron chi connectivity index (χ1n) is 16.2. The number of alkyl halides is 3. The second kappa shape index (κ2) is 12.3. The predicted octanol–water partition coefficient (Wildman–Crippen LogP) is 6.86. The minimum absolute atomic E-state index is 0.00362. The minimum Gasteiger partial charge on any atom is -0.469 e. The predicted molar refractivity (Wildman–Crippen MR) is 141 cm³/mol. The van der Waals surface area contributed by atoms with E-state index in [2.05, 4.69) is 5.16 Å². The molecule has 8 heteroatoms. The molecule has 1 aliphatic heterocycles. The molecule has 2 aliphatic rings. The van der Waals surface area contributed by atoms with Crippen molar-refractivity contribution in [2.75, 3.05) is 20.2 Å². The number of carbonyl (C=O) groups is 1. The van der Waals surface area contributed by atoms with E-state index in [1.165, 1.54) is 43.2 Å². The zero-order chi connectivity index (χ0) is 33.4. The van der Waals surface area contributed by atoms with E-state index in [4.69, 9.17) is 19.2 Å². The third kappa shape index (κ3) is 6.76. The lowest BCUT2D eigenvalue weighted by Gasteiger charge is -2.37. The molecule has 1 aliphatic carbocycles. The van der Waals surface area contributed by atoms with Crippen molar-refractivity contribution in [1.82, 2.24) is 4.90 Å². The summed E-state index contributed by atoms with van der Waals surface area (Å²) in [7, 11) is 1.22. The van der Waals surface area contributed by atoms with E-state index in [0.29, 0.717) is 5.56 Å². The molecule has 0 radical (unpaired) electrons. The average molecular weight is 538 g/mol. The molecule has 0 bridgehead atoms. The number of oxime groups is 1. The molecule has 0 amide bonds. The maximum atomic E-state index is 13.9. The van der Waals surface area contributed by atoms with Gasteiger partial charge in [0.15, 0.2) is 0 Å². The summed E-state index contributed by atoms with van der Waals surface area (Å²) in [5.41, 5.74) is -0.359. The van der Waals surface area contributed by atoms with E-state index in [0.717, 1.165) is 38.2 Å².